The number of hydrogen-bond acceptors (Lipinski definition) is 6. The lowest BCUT2D eigenvalue weighted by atomic mass is 10.2. The van der Waals surface area contributed by atoms with Crippen LogP contribution in [0.1, 0.15) is 26.5 Å². The summed E-state index contributed by atoms with van der Waals surface area (Å²) in [5, 5.41) is 6.56. The second-order valence-electron chi connectivity index (χ2n) is 6.93. The molecule has 0 aromatic carbocycles. The number of amides is 2. The molecule has 0 unspecified atom stereocenters. The predicted molar refractivity (Wildman–Crippen MR) is 104 cm³/mol. The zero-order chi connectivity index (χ0) is 22.9. The van der Waals surface area contributed by atoms with Gasteiger partial charge in [0.15, 0.2) is 5.82 Å². The van der Waals surface area contributed by atoms with E-state index >= 15 is 0 Å². The SMILES string of the molecule is Cn1ncc(C(=O)N2CCOCC2)c1C(=O)Nc1cn(-c2cccc(C(F)(F)F)n2)cn1. The number of imidazole rings is 1. The van der Waals surface area contributed by atoms with E-state index in [1.807, 2.05) is 0 Å². The second kappa shape index (κ2) is 8.42. The van der Waals surface area contributed by atoms with Crippen LogP contribution in [0.5, 0.6) is 0 Å². The molecule has 0 saturated carbocycles. The van der Waals surface area contributed by atoms with E-state index in [4.69, 9.17) is 4.74 Å². The molecule has 0 aliphatic carbocycles. The molecule has 1 aliphatic heterocycles. The van der Waals surface area contributed by atoms with Gasteiger partial charge in [0, 0.05) is 20.1 Å². The van der Waals surface area contributed by atoms with Gasteiger partial charge in [0.25, 0.3) is 11.8 Å². The first-order chi connectivity index (χ1) is 15.2. The Bertz CT molecular complexity index is 1150. The van der Waals surface area contributed by atoms with Crippen LogP contribution in [0.2, 0.25) is 0 Å². The summed E-state index contributed by atoms with van der Waals surface area (Å²) in [6, 6.07) is 3.46. The Balaban J connectivity index is 1.53. The molecular weight excluding hydrogens is 431 g/mol. The number of nitrogens with zero attached hydrogens (tertiary/aromatic N) is 6. The van der Waals surface area contributed by atoms with E-state index < -0.39 is 17.8 Å². The molecule has 4 rings (SSSR count). The fraction of sp³-hybridized carbons (Fsp3) is 0.316. The molecule has 0 atom stereocenters. The van der Waals surface area contributed by atoms with Crippen molar-refractivity contribution >= 4 is 17.6 Å². The fourth-order valence-electron chi connectivity index (χ4n) is 3.21. The molecule has 32 heavy (non-hydrogen) atoms. The summed E-state index contributed by atoms with van der Waals surface area (Å²) in [5.41, 5.74) is -0.880. The zero-order valence-electron chi connectivity index (χ0n) is 16.8. The Hall–Kier alpha value is -3.74. The van der Waals surface area contributed by atoms with Gasteiger partial charge in [0.05, 0.1) is 31.2 Å². The highest BCUT2D eigenvalue weighted by Crippen LogP contribution is 2.28. The summed E-state index contributed by atoms with van der Waals surface area (Å²) in [5.74, 6) is -0.925. The average Bonchev–Trinajstić information content (AvgIpc) is 3.40. The van der Waals surface area contributed by atoms with Crippen LogP contribution < -0.4 is 5.32 Å². The van der Waals surface area contributed by atoms with Crippen molar-refractivity contribution in [3.8, 4) is 5.82 Å². The molecule has 1 saturated heterocycles. The third kappa shape index (κ3) is 4.32. The van der Waals surface area contributed by atoms with E-state index in [1.165, 1.54) is 47.2 Å². The molecule has 0 radical (unpaired) electrons. The summed E-state index contributed by atoms with van der Waals surface area (Å²) in [4.78, 5) is 34.8. The van der Waals surface area contributed by atoms with Crippen molar-refractivity contribution in [2.75, 3.05) is 31.6 Å². The molecule has 4 heterocycles. The molecule has 0 spiro atoms. The number of carbonyl (C=O) groups excluding carboxylic acids is 2. The van der Waals surface area contributed by atoms with Gasteiger partial charge < -0.3 is 15.0 Å². The average molecular weight is 449 g/mol. The third-order valence-electron chi connectivity index (χ3n) is 4.80. The van der Waals surface area contributed by atoms with Crippen molar-refractivity contribution in [3.63, 3.8) is 0 Å². The number of halogens is 3. The maximum atomic E-state index is 12.9. The summed E-state index contributed by atoms with van der Waals surface area (Å²) < 4.78 is 46.5. The van der Waals surface area contributed by atoms with Gasteiger partial charge >= 0.3 is 6.18 Å². The van der Waals surface area contributed by atoms with Gasteiger partial charge in [-0.2, -0.15) is 18.3 Å². The molecule has 3 aromatic heterocycles. The van der Waals surface area contributed by atoms with Gasteiger partial charge in [-0.25, -0.2) is 9.97 Å². The normalized spacial score (nSPS) is 14.4. The van der Waals surface area contributed by atoms with Crippen LogP contribution in [0, 0.1) is 0 Å². The van der Waals surface area contributed by atoms with Crippen LogP contribution >= 0.6 is 0 Å². The molecule has 1 N–H and O–H groups in total. The number of aromatic nitrogens is 5. The summed E-state index contributed by atoms with van der Waals surface area (Å²) in [7, 11) is 1.52. The number of morpholine rings is 1. The number of carbonyl (C=O) groups is 2. The lowest BCUT2D eigenvalue weighted by molar-refractivity contribution is -0.141. The van der Waals surface area contributed by atoms with Crippen LogP contribution in [-0.2, 0) is 18.0 Å². The highest BCUT2D eigenvalue weighted by atomic mass is 19.4. The summed E-state index contributed by atoms with van der Waals surface area (Å²) in [6.45, 7) is 1.63. The first-order valence-corrected chi connectivity index (χ1v) is 9.53. The van der Waals surface area contributed by atoms with Crippen molar-refractivity contribution in [2.45, 2.75) is 6.18 Å². The van der Waals surface area contributed by atoms with Gasteiger partial charge in [-0.15, -0.1) is 0 Å². The van der Waals surface area contributed by atoms with Crippen LogP contribution in [0.25, 0.3) is 5.82 Å². The topological polar surface area (TPSA) is 107 Å². The lowest BCUT2D eigenvalue weighted by Gasteiger charge is -2.26. The Labute approximate surface area is 179 Å². The number of pyridine rings is 1. The molecule has 168 valence electrons. The summed E-state index contributed by atoms with van der Waals surface area (Å²) in [6.07, 6.45) is -0.726. The van der Waals surface area contributed by atoms with Gasteiger partial charge in [0.1, 0.15) is 23.5 Å². The van der Waals surface area contributed by atoms with E-state index in [0.717, 1.165) is 6.07 Å². The van der Waals surface area contributed by atoms with E-state index in [1.54, 1.807) is 4.90 Å². The number of anilines is 1. The first-order valence-electron chi connectivity index (χ1n) is 9.53. The lowest BCUT2D eigenvalue weighted by Crippen LogP contribution is -2.41. The minimum Gasteiger partial charge on any atom is -0.378 e. The molecule has 0 bridgehead atoms. The second-order valence-corrected chi connectivity index (χ2v) is 6.93. The number of aryl methyl sites for hydroxylation is 1. The highest BCUT2D eigenvalue weighted by Gasteiger charge is 2.32. The minimum absolute atomic E-state index is 0.0171. The largest absolute Gasteiger partial charge is 0.433 e. The number of alkyl halides is 3. The third-order valence-corrected chi connectivity index (χ3v) is 4.80. The Kier molecular flexibility index (Phi) is 5.65. The highest BCUT2D eigenvalue weighted by molar-refractivity contribution is 6.10. The van der Waals surface area contributed by atoms with E-state index in [0.29, 0.717) is 26.3 Å². The molecule has 13 heteroatoms. The number of ether oxygens (including phenoxy) is 1. The smallest absolute Gasteiger partial charge is 0.378 e. The predicted octanol–water partition coefficient (Wildman–Crippen LogP) is 1.74. The van der Waals surface area contributed by atoms with Gasteiger partial charge in [-0.05, 0) is 12.1 Å². The van der Waals surface area contributed by atoms with Gasteiger partial charge in [-0.1, -0.05) is 6.07 Å². The van der Waals surface area contributed by atoms with E-state index in [-0.39, 0.29) is 28.8 Å². The maximum Gasteiger partial charge on any atom is 0.433 e. The molecule has 2 amide bonds. The van der Waals surface area contributed by atoms with E-state index in [9.17, 15) is 22.8 Å². The monoisotopic (exact) mass is 449 g/mol. The number of rotatable bonds is 4. The van der Waals surface area contributed by atoms with Gasteiger partial charge in [0.2, 0.25) is 0 Å². The van der Waals surface area contributed by atoms with Crippen LogP contribution in [-0.4, -0.2) is 67.3 Å². The Morgan fingerprint density at radius 1 is 1.19 bits per heavy atom. The molecular formula is C19H18F3N7O3. The van der Waals surface area contributed by atoms with Crippen molar-refractivity contribution in [3.05, 3.63) is 53.9 Å². The molecule has 10 nitrogen and oxygen atoms in total. The van der Waals surface area contributed by atoms with E-state index in [2.05, 4.69) is 20.4 Å². The minimum atomic E-state index is -4.59. The Morgan fingerprint density at radius 2 is 1.94 bits per heavy atom. The number of nitrogens with one attached hydrogen (secondary N) is 1. The van der Waals surface area contributed by atoms with Gasteiger partial charge in [-0.3, -0.25) is 18.8 Å². The first kappa shape index (κ1) is 21.5. The van der Waals surface area contributed by atoms with Crippen LogP contribution in [0.4, 0.5) is 19.0 Å². The molecule has 1 aliphatic rings. The Morgan fingerprint density at radius 3 is 2.66 bits per heavy atom. The molecule has 3 aromatic rings. The maximum absolute atomic E-state index is 12.9. The molecule has 1 fully saturated rings. The van der Waals surface area contributed by atoms with Crippen LogP contribution in [0.15, 0.2) is 36.9 Å². The number of hydrogen-bond donors (Lipinski definition) is 1. The van der Waals surface area contributed by atoms with Crippen molar-refractivity contribution in [1.82, 2.24) is 29.2 Å². The van der Waals surface area contributed by atoms with Crippen molar-refractivity contribution < 1.29 is 27.5 Å². The van der Waals surface area contributed by atoms with Crippen LogP contribution in [0.3, 0.4) is 0 Å². The van der Waals surface area contributed by atoms with Crippen molar-refractivity contribution in [1.29, 1.82) is 0 Å². The quantitative estimate of drug-likeness (QED) is 0.650. The van der Waals surface area contributed by atoms with Crippen molar-refractivity contribution in [2.24, 2.45) is 7.05 Å². The zero-order valence-corrected chi connectivity index (χ0v) is 16.8. The standard InChI is InChI=1S/C19H18F3N7O3/c1-27-16(12(9-24-27)18(31)28-5-7-32-8-6-28)17(30)26-14-10-29(11-23-14)15-4-2-3-13(25-15)19(20,21)22/h2-4,9-11H,5-8H2,1H3,(H,26,30). The summed E-state index contributed by atoms with van der Waals surface area (Å²) >= 11 is 0. The fourth-order valence-corrected chi connectivity index (χ4v) is 3.21.